The van der Waals surface area contributed by atoms with Crippen molar-refractivity contribution in [2.24, 2.45) is 0 Å². The molecule has 0 amide bonds. The summed E-state index contributed by atoms with van der Waals surface area (Å²) >= 11 is 0. The van der Waals surface area contributed by atoms with Crippen LogP contribution in [0.1, 0.15) is 0 Å². The summed E-state index contributed by atoms with van der Waals surface area (Å²) in [4.78, 5) is 8.94. The molecule has 0 fully saturated rings. The minimum atomic E-state index is 0.526. The fraction of sp³-hybridized carbons (Fsp3) is 0.190. The molecule has 1 aromatic carbocycles. The Labute approximate surface area is 173 Å². The smallest absolute Gasteiger partial charge is 0.203 e. The van der Waals surface area contributed by atoms with Crippen molar-refractivity contribution in [1.82, 2.24) is 19.6 Å². The molecule has 0 spiro atoms. The number of benzene rings is 1. The fourth-order valence-corrected chi connectivity index (χ4v) is 3.12. The van der Waals surface area contributed by atoms with Gasteiger partial charge in [0.1, 0.15) is 11.6 Å². The summed E-state index contributed by atoms with van der Waals surface area (Å²) < 4.78 is 23.2. The number of hydrogen-bond acceptors (Lipinski definition) is 8. The predicted molar refractivity (Wildman–Crippen MR) is 112 cm³/mol. The van der Waals surface area contributed by atoms with Crippen molar-refractivity contribution >= 4 is 17.2 Å². The Balaban J connectivity index is 1.72. The second-order valence-electron chi connectivity index (χ2n) is 6.29. The van der Waals surface area contributed by atoms with Crippen LogP contribution in [0.4, 0.5) is 11.5 Å². The number of pyridine rings is 1. The van der Waals surface area contributed by atoms with Crippen molar-refractivity contribution in [3.63, 3.8) is 0 Å². The number of nitrogens with one attached hydrogen (secondary N) is 1. The molecule has 0 bridgehead atoms. The zero-order valence-corrected chi connectivity index (χ0v) is 17.0. The Hall–Kier alpha value is -4.01. The molecule has 0 aliphatic rings. The van der Waals surface area contributed by atoms with E-state index in [0.29, 0.717) is 34.5 Å². The number of methoxy groups -OCH3 is 4. The molecule has 0 unspecified atom stereocenters. The summed E-state index contributed by atoms with van der Waals surface area (Å²) in [5.41, 5.74) is 3.13. The van der Waals surface area contributed by atoms with Gasteiger partial charge < -0.3 is 24.3 Å². The van der Waals surface area contributed by atoms with Crippen LogP contribution < -0.4 is 24.3 Å². The molecule has 0 atom stereocenters. The lowest BCUT2D eigenvalue weighted by molar-refractivity contribution is 0.324. The highest BCUT2D eigenvalue weighted by atomic mass is 16.5. The number of ether oxygens (including phenoxy) is 4. The third-order valence-corrected chi connectivity index (χ3v) is 4.57. The maximum absolute atomic E-state index is 5.42. The third-order valence-electron chi connectivity index (χ3n) is 4.57. The van der Waals surface area contributed by atoms with Crippen LogP contribution in [0, 0.1) is 0 Å². The van der Waals surface area contributed by atoms with Gasteiger partial charge in [-0.05, 0) is 12.1 Å². The summed E-state index contributed by atoms with van der Waals surface area (Å²) in [6, 6.07) is 7.36. The van der Waals surface area contributed by atoms with Crippen LogP contribution in [-0.4, -0.2) is 48.0 Å². The number of nitrogens with zero attached hydrogens (tertiary/aromatic N) is 4. The summed E-state index contributed by atoms with van der Waals surface area (Å²) in [6.07, 6.45) is 6.99. The number of fused-ring (bicyclic) bond motifs is 1. The molecule has 0 aliphatic carbocycles. The molecule has 154 valence electrons. The summed E-state index contributed by atoms with van der Waals surface area (Å²) in [6.45, 7) is 0. The van der Waals surface area contributed by atoms with Crippen molar-refractivity contribution in [2.75, 3.05) is 33.8 Å². The zero-order valence-electron chi connectivity index (χ0n) is 17.0. The SMILES string of the molecule is COc1cncc(-c2cnn3ccc(Nc4cc(OC)c(OC)c(OC)c4)nc23)c1. The molecule has 3 heterocycles. The van der Waals surface area contributed by atoms with Gasteiger partial charge in [-0.2, -0.15) is 5.10 Å². The molecule has 1 N–H and O–H groups in total. The van der Waals surface area contributed by atoms with Crippen molar-refractivity contribution in [1.29, 1.82) is 0 Å². The average Bonchev–Trinajstić information content (AvgIpc) is 3.21. The molecule has 0 saturated carbocycles. The lowest BCUT2D eigenvalue weighted by Gasteiger charge is -2.15. The normalized spacial score (nSPS) is 10.7. The lowest BCUT2D eigenvalue weighted by atomic mass is 10.1. The van der Waals surface area contributed by atoms with Crippen LogP contribution >= 0.6 is 0 Å². The van der Waals surface area contributed by atoms with E-state index in [1.807, 2.05) is 30.5 Å². The number of rotatable bonds is 7. The van der Waals surface area contributed by atoms with Gasteiger partial charge in [-0.1, -0.05) is 0 Å². The van der Waals surface area contributed by atoms with Crippen molar-refractivity contribution in [2.45, 2.75) is 0 Å². The highest BCUT2D eigenvalue weighted by Crippen LogP contribution is 2.40. The average molecular weight is 407 g/mol. The van der Waals surface area contributed by atoms with E-state index >= 15 is 0 Å². The standard InChI is InChI=1S/C21H21N5O4/c1-27-15-7-13(10-22-11-15)16-12-23-26-6-5-19(25-21(16)26)24-14-8-17(28-2)20(30-4)18(9-14)29-3/h5-12H,1-4H3,(H,24,25). The Morgan fingerprint density at radius 1 is 0.867 bits per heavy atom. The Morgan fingerprint density at radius 2 is 1.63 bits per heavy atom. The first-order valence-corrected chi connectivity index (χ1v) is 9.07. The van der Waals surface area contributed by atoms with E-state index in [1.54, 1.807) is 51.5 Å². The first kappa shape index (κ1) is 19.3. The first-order valence-electron chi connectivity index (χ1n) is 9.07. The molecule has 9 nitrogen and oxygen atoms in total. The molecule has 0 aliphatic heterocycles. The van der Waals surface area contributed by atoms with Crippen LogP contribution in [0.15, 0.2) is 49.1 Å². The van der Waals surface area contributed by atoms with E-state index in [2.05, 4.69) is 15.4 Å². The van der Waals surface area contributed by atoms with E-state index in [1.165, 1.54) is 0 Å². The van der Waals surface area contributed by atoms with Crippen molar-refractivity contribution < 1.29 is 18.9 Å². The first-order chi connectivity index (χ1) is 14.7. The Morgan fingerprint density at radius 3 is 2.30 bits per heavy atom. The molecule has 0 saturated heterocycles. The van der Waals surface area contributed by atoms with Crippen LogP contribution in [-0.2, 0) is 0 Å². The van der Waals surface area contributed by atoms with Gasteiger partial charge in [-0.25, -0.2) is 9.50 Å². The van der Waals surface area contributed by atoms with Crippen LogP contribution in [0.5, 0.6) is 23.0 Å². The van der Waals surface area contributed by atoms with Gasteiger partial charge in [-0.15, -0.1) is 0 Å². The molecule has 4 aromatic rings. The Kier molecular flexibility index (Phi) is 5.25. The van der Waals surface area contributed by atoms with Gasteiger partial charge >= 0.3 is 0 Å². The van der Waals surface area contributed by atoms with E-state index in [9.17, 15) is 0 Å². The lowest BCUT2D eigenvalue weighted by Crippen LogP contribution is -2.00. The topological polar surface area (TPSA) is 92.0 Å². The van der Waals surface area contributed by atoms with Gasteiger partial charge in [0.25, 0.3) is 0 Å². The molecule has 3 aromatic heterocycles. The Bertz CT molecular complexity index is 1170. The largest absolute Gasteiger partial charge is 0.495 e. The summed E-state index contributed by atoms with van der Waals surface area (Å²) in [7, 11) is 6.32. The second-order valence-corrected chi connectivity index (χ2v) is 6.29. The van der Waals surface area contributed by atoms with E-state index in [0.717, 1.165) is 16.8 Å². The predicted octanol–water partition coefficient (Wildman–Crippen LogP) is 3.57. The molecular weight excluding hydrogens is 386 g/mol. The second kappa shape index (κ2) is 8.16. The maximum Gasteiger partial charge on any atom is 0.203 e. The maximum atomic E-state index is 5.42. The quantitative estimate of drug-likeness (QED) is 0.497. The van der Waals surface area contributed by atoms with Crippen LogP contribution in [0.2, 0.25) is 0 Å². The summed E-state index contributed by atoms with van der Waals surface area (Å²) in [5, 5.41) is 7.66. The van der Waals surface area contributed by atoms with Gasteiger partial charge in [-0.3, -0.25) is 4.98 Å². The van der Waals surface area contributed by atoms with Crippen molar-refractivity contribution in [3.8, 4) is 34.1 Å². The van der Waals surface area contributed by atoms with E-state index in [4.69, 9.17) is 23.9 Å². The van der Waals surface area contributed by atoms with Gasteiger partial charge in [0, 0.05) is 41.3 Å². The van der Waals surface area contributed by atoms with Gasteiger partial charge in [0.15, 0.2) is 17.1 Å². The van der Waals surface area contributed by atoms with Crippen molar-refractivity contribution in [3.05, 3.63) is 49.1 Å². The number of anilines is 2. The molecule has 30 heavy (non-hydrogen) atoms. The minimum absolute atomic E-state index is 0.526. The molecule has 9 heteroatoms. The molecular formula is C21H21N5O4. The zero-order chi connectivity index (χ0) is 21.1. The molecule has 4 rings (SSSR count). The molecule has 0 radical (unpaired) electrons. The monoisotopic (exact) mass is 407 g/mol. The fourth-order valence-electron chi connectivity index (χ4n) is 3.12. The minimum Gasteiger partial charge on any atom is -0.495 e. The van der Waals surface area contributed by atoms with Gasteiger partial charge in [0.2, 0.25) is 5.75 Å². The van der Waals surface area contributed by atoms with Gasteiger partial charge in [0.05, 0.1) is 40.8 Å². The van der Waals surface area contributed by atoms with E-state index < -0.39 is 0 Å². The van der Waals surface area contributed by atoms with Crippen LogP contribution in [0.3, 0.4) is 0 Å². The van der Waals surface area contributed by atoms with E-state index in [-0.39, 0.29) is 0 Å². The highest BCUT2D eigenvalue weighted by molar-refractivity contribution is 5.78. The highest BCUT2D eigenvalue weighted by Gasteiger charge is 2.15. The third kappa shape index (κ3) is 3.52. The number of aromatic nitrogens is 4. The van der Waals surface area contributed by atoms with Crippen LogP contribution in [0.25, 0.3) is 16.8 Å². The number of hydrogen-bond donors (Lipinski definition) is 1. The summed E-state index contributed by atoms with van der Waals surface area (Å²) in [5.74, 6) is 2.92.